The van der Waals surface area contributed by atoms with Gasteiger partial charge in [0.25, 0.3) is 0 Å². The molecule has 1 aliphatic rings. The second-order valence-electron chi connectivity index (χ2n) is 19.5. The fourth-order valence-corrected chi connectivity index (χ4v) is 11.2. The molecular weight excluding hydrogens is 798 g/mol. The van der Waals surface area contributed by atoms with Crippen LogP contribution in [0.1, 0.15) is 52.7 Å². The fourth-order valence-electron chi connectivity index (χ4n) is 9.99. The van der Waals surface area contributed by atoms with E-state index in [2.05, 4.69) is 226 Å². The molecule has 0 amide bonds. The van der Waals surface area contributed by atoms with Crippen molar-refractivity contribution >= 4 is 111 Å². The molecule has 6 heteroatoms. The Kier molecular flexibility index (Phi) is 8.60. The van der Waals surface area contributed by atoms with E-state index in [1.165, 1.54) is 64.5 Å². The summed E-state index contributed by atoms with van der Waals surface area (Å²) in [5.41, 5.74) is 17.5. The number of hydrogen-bond donors (Lipinski definition) is 1. The number of rotatable bonds is 6. The normalized spacial score (nSPS) is 12.7. The topological polar surface area (TPSA) is 33.3 Å². The summed E-state index contributed by atoms with van der Waals surface area (Å²) in [6.45, 7) is 13.7. The lowest BCUT2D eigenvalue weighted by Gasteiger charge is -2.27. The van der Waals surface area contributed by atoms with Gasteiger partial charge in [-0.3, -0.25) is 0 Å². The van der Waals surface area contributed by atoms with E-state index in [9.17, 15) is 0 Å². The molecule has 3 aromatic heterocycles. The van der Waals surface area contributed by atoms with Crippen molar-refractivity contribution in [2.75, 3.05) is 10.2 Å². The van der Waals surface area contributed by atoms with Gasteiger partial charge in [0.05, 0.1) is 11.2 Å². The zero-order valence-corrected chi connectivity index (χ0v) is 37.9. The van der Waals surface area contributed by atoms with Crippen molar-refractivity contribution in [1.82, 2.24) is 4.57 Å². The molecule has 64 heavy (non-hydrogen) atoms. The third-order valence-electron chi connectivity index (χ3n) is 13.3. The van der Waals surface area contributed by atoms with Gasteiger partial charge in [0.15, 0.2) is 0 Å². The predicted octanol–water partition coefficient (Wildman–Crippen LogP) is 15.1. The van der Waals surface area contributed by atoms with Crippen LogP contribution in [0.3, 0.4) is 0 Å². The number of fused-ring (bicyclic) bond motifs is 10. The van der Waals surface area contributed by atoms with Gasteiger partial charge in [0.1, 0.15) is 11.2 Å². The SMILES string of the molecule is CC(C)(C)c1ccc(Nc2ccc(N(c3ccccc3)c3ccccc3)cc2-c2ccc3c4cc5oc6ccccc6c5cc4n4c3c2Bc2sc3ccc(C(C)(C)C)cc3c2-4)cc1. The quantitative estimate of drug-likeness (QED) is 0.169. The van der Waals surface area contributed by atoms with Crippen molar-refractivity contribution in [2.45, 2.75) is 52.4 Å². The van der Waals surface area contributed by atoms with Crippen LogP contribution < -0.4 is 20.5 Å². The summed E-state index contributed by atoms with van der Waals surface area (Å²) >= 11 is 1.94. The first kappa shape index (κ1) is 38.6. The summed E-state index contributed by atoms with van der Waals surface area (Å²) in [5.74, 6) is 0. The van der Waals surface area contributed by atoms with Crippen LogP contribution in [0, 0.1) is 0 Å². The van der Waals surface area contributed by atoms with Gasteiger partial charge in [0, 0.05) is 71.1 Å². The van der Waals surface area contributed by atoms with Crippen molar-refractivity contribution in [1.29, 1.82) is 0 Å². The van der Waals surface area contributed by atoms with Gasteiger partial charge in [-0.2, -0.15) is 0 Å². The van der Waals surface area contributed by atoms with Gasteiger partial charge in [-0.1, -0.05) is 126 Å². The van der Waals surface area contributed by atoms with Crippen LogP contribution in [0.15, 0.2) is 174 Å². The molecule has 0 spiro atoms. The maximum atomic E-state index is 6.56. The van der Waals surface area contributed by atoms with E-state index >= 15 is 0 Å². The molecule has 8 aromatic carbocycles. The van der Waals surface area contributed by atoms with Crippen molar-refractivity contribution in [3.8, 4) is 16.8 Å². The molecule has 4 nitrogen and oxygen atoms in total. The minimum absolute atomic E-state index is 0.0214. The maximum absolute atomic E-state index is 6.56. The lowest BCUT2D eigenvalue weighted by molar-refractivity contribution is 0.590. The number of nitrogens with one attached hydrogen (secondary N) is 1. The Labute approximate surface area is 378 Å². The highest BCUT2D eigenvalue weighted by molar-refractivity contribution is 7.29. The number of nitrogens with zero attached hydrogens (tertiary/aromatic N) is 2. The van der Waals surface area contributed by atoms with E-state index in [0.29, 0.717) is 0 Å². The molecule has 0 aliphatic carbocycles. The zero-order chi connectivity index (χ0) is 43.5. The van der Waals surface area contributed by atoms with Crippen molar-refractivity contribution in [2.24, 2.45) is 0 Å². The second kappa shape index (κ2) is 14.3. The fraction of sp³-hybridized carbons (Fsp3) is 0.138. The monoisotopic (exact) mass is 845 g/mol. The Bertz CT molecular complexity index is 3580. The smallest absolute Gasteiger partial charge is 0.211 e. The first-order valence-corrected chi connectivity index (χ1v) is 23.2. The number of thiophene rings is 1. The van der Waals surface area contributed by atoms with Crippen LogP contribution in [0.5, 0.6) is 0 Å². The van der Waals surface area contributed by atoms with Crippen molar-refractivity contribution in [3.05, 3.63) is 181 Å². The number of furan rings is 1. The van der Waals surface area contributed by atoms with Gasteiger partial charge in [-0.15, -0.1) is 11.3 Å². The highest BCUT2D eigenvalue weighted by Gasteiger charge is 2.31. The molecular formula is C58H48BN3OS. The number of para-hydroxylation sites is 3. The minimum atomic E-state index is 0.0214. The van der Waals surface area contributed by atoms with Crippen LogP contribution in [-0.4, -0.2) is 11.8 Å². The van der Waals surface area contributed by atoms with Crippen LogP contribution in [0.25, 0.3) is 70.6 Å². The molecule has 0 fully saturated rings. The van der Waals surface area contributed by atoms with Gasteiger partial charge in [0.2, 0.25) is 7.28 Å². The average Bonchev–Trinajstić information content (AvgIpc) is 3.96. The number of aromatic nitrogens is 1. The summed E-state index contributed by atoms with van der Waals surface area (Å²) in [6, 6.07) is 62.3. The lowest BCUT2D eigenvalue weighted by Crippen LogP contribution is -2.35. The molecule has 4 heterocycles. The van der Waals surface area contributed by atoms with Gasteiger partial charge in [-0.25, -0.2) is 0 Å². The molecule has 0 saturated heterocycles. The average molecular weight is 846 g/mol. The lowest BCUT2D eigenvalue weighted by atomic mass is 9.63. The van der Waals surface area contributed by atoms with Gasteiger partial charge >= 0.3 is 0 Å². The Morgan fingerprint density at radius 2 is 1.22 bits per heavy atom. The highest BCUT2D eigenvalue weighted by atomic mass is 32.1. The van der Waals surface area contributed by atoms with E-state index in [0.717, 1.165) is 63.2 Å². The summed E-state index contributed by atoms with van der Waals surface area (Å²) in [6.07, 6.45) is 0. The molecule has 1 aliphatic heterocycles. The summed E-state index contributed by atoms with van der Waals surface area (Å²) in [5, 5.41) is 9.97. The Morgan fingerprint density at radius 3 is 1.94 bits per heavy atom. The summed E-state index contributed by atoms with van der Waals surface area (Å²) in [4.78, 5) is 2.36. The predicted molar refractivity (Wildman–Crippen MR) is 277 cm³/mol. The number of anilines is 5. The summed E-state index contributed by atoms with van der Waals surface area (Å²) in [7, 11) is 0.826. The minimum Gasteiger partial charge on any atom is -0.456 e. The van der Waals surface area contributed by atoms with Crippen LogP contribution in [-0.2, 0) is 10.8 Å². The van der Waals surface area contributed by atoms with Crippen LogP contribution in [0.4, 0.5) is 28.4 Å². The van der Waals surface area contributed by atoms with E-state index < -0.39 is 0 Å². The van der Waals surface area contributed by atoms with Crippen molar-refractivity contribution < 1.29 is 4.42 Å². The molecule has 1 N–H and O–H groups in total. The van der Waals surface area contributed by atoms with E-state index in [1.807, 2.05) is 11.3 Å². The van der Waals surface area contributed by atoms with E-state index in [1.54, 1.807) is 0 Å². The molecule has 0 radical (unpaired) electrons. The molecule has 0 unspecified atom stereocenters. The molecule has 0 atom stereocenters. The summed E-state index contributed by atoms with van der Waals surface area (Å²) < 4.78 is 11.9. The van der Waals surface area contributed by atoms with Gasteiger partial charge < -0.3 is 19.2 Å². The van der Waals surface area contributed by atoms with E-state index in [-0.39, 0.29) is 10.8 Å². The van der Waals surface area contributed by atoms with Crippen LogP contribution in [0.2, 0.25) is 0 Å². The third-order valence-corrected chi connectivity index (χ3v) is 14.5. The molecule has 0 saturated carbocycles. The van der Waals surface area contributed by atoms with Gasteiger partial charge in [-0.05, 0) is 123 Å². The molecule has 11 aromatic rings. The number of benzene rings is 8. The first-order chi connectivity index (χ1) is 31.0. The second-order valence-corrected chi connectivity index (χ2v) is 20.6. The Balaban J connectivity index is 1.14. The molecule has 310 valence electrons. The third kappa shape index (κ3) is 6.18. The zero-order valence-electron chi connectivity index (χ0n) is 37.1. The first-order valence-electron chi connectivity index (χ1n) is 22.4. The molecule has 0 bridgehead atoms. The van der Waals surface area contributed by atoms with Crippen LogP contribution >= 0.6 is 11.3 Å². The maximum Gasteiger partial charge on any atom is 0.211 e. The largest absolute Gasteiger partial charge is 0.456 e. The highest BCUT2D eigenvalue weighted by Crippen LogP contribution is 2.45. The molecule has 12 rings (SSSR count). The number of hydrogen-bond acceptors (Lipinski definition) is 4. The Hall–Kier alpha value is -7.02. The Morgan fingerprint density at radius 1 is 0.531 bits per heavy atom. The standard InChI is InChI=1S/C58H48BN3OS/c1-57(2,3)35-21-24-37(25-22-35)60-48-29-26-40(61(38-15-9-7-10-16-38)39-17-11-8-12-18-39)32-44(48)42-27-28-43-45-34-51-46(41-19-13-14-20-50(41)63-51)33-49(45)62-54(43)53(42)59-56-55(62)47-31-36(58(4,5)6)23-30-52(47)64-56/h7-34,59-60H,1-6H3. The van der Waals surface area contributed by atoms with E-state index in [4.69, 9.17) is 4.42 Å². The van der Waals surface area contributed by atoms with Crippen molar-refractivity contribution in [3.63, 3.8) is 0 Å².